The van der Waals surface area contributed by atoms with Crippen molar-refractivity contribution in [2.75, 3.05) is 6.67 Å². The number of primary amides is 2. The summed E-state index contributed by atoms with van der Waals surface area (Å²) in [6, 6.07) is -1.98. The first-order valence-corrected chi connectivity index (χ1v) is 7.69. The molecule has 0 aromatic carbocycles. The third-order valence-corrected chi connectivity index (χ3v) is 4.16. The molecule has 2 unspecified atom stereocenters. The second-order valence-electron chi connectivity index (χ2n) is 6.00. The molecule has 0 bridgehead atoms. The third kappa shape index (κ3) is 3.28. The SMILES string of the molecule is NC(=O)NC(O)[C@H]1O[C@@H](N2CN=C3C2=NC=NC3(N)NC(N)=O)[C@H](O)[C@@H]1O. The summed E-state index contributed by atoms with van der Waals surface area (Å²) in [5.41, 5.74) is 16.1. The van der Waals surface area contributed by atoms with Crippen molar-refractivity contribution in [3.63, 3.8) is 0 Å². The molecule has 6 atom stereocenters. The Bertz CT molecular complexity index is 741. The van der Waals surface area contributed by atoms with Crippen molar-refractivity contribution in [2.45, 2.75) is 36.6 Å². The molecule has 0 aromatic heterocycles. The van der Waals surface area contributed by atoms with E-state index in [1.54, 1.807) is 0 Å². The highest BCUT2D eigenvalue weighted by Gasteiger charge is 2.52. The highest BCUT2D eigenvalue weighted by atomic mass is 16.6. The number of amidine groups is 1. The second kappa shape index (κ2) is 6.71. The van der Waals surface area contributed by atoms with Crippen molar-refractivity contribution in [3.05, 3.63) is 0 Å². The molecule has 3 aliphatic rings. The van der Waals surface area contributed by atoms with Crippen LogP contribution < -0.4 is 27.8 Å². The van der Waals surface area contributed by atoms with E-state index in [2.05, 4.69) is 20.3 Å². The fourth-order valence-corrected chi connectivity index (χ4v) is 2.99. The number of fused-ring (bicyclic) bond motifs is 1. The van der Waals surface area contributed by atoms with Gasteiger partial charge < -0.3 is 41.7 Å². The van der Waals surface area contributed by atoms with Gasteiger partial charge >= 0.3 is 12.1 Å². The maximum Gasteiger partial charge on any atom is 0.315 e. The van der Waals surface area contributed by atoms with E-state index in [4.69, 9.17) is 21.9 Å². The van der Waals surface area contributed by atoms with Gasteiger partial charge in [0.15, 0.2) is 18.3 Å². The van der Waals surface area contributed by atoms with E-state index >= 15 is 0 Å². The molecule has 15 nitrogen and oxygen atoms in total. The zero-order valence-corrected chi connectivity index (χ0v) is 13.8. The number of nitrogens with one attached hydrogen (secondary N) is 2. The molecule has 0 radical (unpaired) electrons. The first kappa shape index (κ1) is 18.9. The zero-order valence-electron chi connectivity index (χ0n) is 13.8. The minimum atomic E-state index is -1.76. The van der Waals surface area contributed by atoms with Gasteiger partial charge in [0.1, 0.15) is 37.0 Å². The van der Waals surface area contributed by atoms with Crippen LogP contribution in [0.2, 0.25) is 0 Å². The van der Waals surface area contributed by atoms with Gasteiger partial charge in [-0.3, -0.25) is 16.0 Å². The molecule has 15 heteroatoms. The Hall–Kier alpha value is -2.85. The van der Waals surface area contributed by atoms with Crippen LogP contribution in [0.4, 0.5) is 9.59 Å². The summed E-state index contributed by atoms with van der Waals surface area (Å²) in [5, 5.41) is 34.5. The molecule has 0 aliphatic carbocycles. The number of aliphatic hydroxyl groups excluding tert-OH is 3. The molecule has 148 valence electrons. The molecular formula is C12H19N9O6. The Morgan fingerprint density at radius 1 is 1.33 bits per heavy atom. The van der Waals surface area contributed by atoms with Crippen molar-refractivity contribution in [1.29, 1.82) is 0 Å². The molecule has 4 amide bonds. The Labute approximate surface area is 151 Å². The minimum Gasteiger partial charge on any atom is -0.387 e. The van der Waals surface area contributed by atoms with E-state index in [0.717, 1.165) is 6.34 Å². The highest BCUT2D eigenvalue weighted by Crippen LogP contribution is 2.29. The van der Waals surface area contributed by atoms with Crippen LogP contribution in [0.25, 0.3) is 0 Å². The molecule has 1 saturated heterocycles. The van der Waals surface area contributed by atoms with E-state index in [-0.39, 0.29) is 18.2 Å². The number of amides is 4. The third-order valence-electron chi connectivity index (χ3n) is 4.16. The van der Waals surface area contributed by atoms with E-state index in [1.165, 1.54) is 4.90 Å². The van der Waals surface area contributed by atoms with Crippen LogP contribution in [0.1, 0.15) is 0 Å². The van der Waals surface area contributed by atoms with Crippen LogP contribution in [-0.4, -0.2) is 93.4 Å². The van der Waals surface area contributed by atoms with Gasteiger partial charge in [0.25, 0.3) is 0 Å². The lowest BCUT2D eigenvalue weighted by Crippen LogP contribution is -2.65. The maximum atomic E-state index is 11.2. The van der Waals surface area contributed by atoms with Crippen LogP contribution in [0.5, 0.6) is 0 Å². The van der Waals surface area contributed by atoms with Crippen molar-refractivity contribution >= 4 is 29.9 Å². The number of aliphatic hydroxyl groups is 3. The summed E-state index contributed by atoms with van der Waals surface area (Å²) in [4.78, 5) is 35.4. The molecule has 27 heavy (non-hydrogen) atoms. The lowest BCUT2D eigenvalue weighted by Gasteiger charge is -2.32. The van der Waals surface area contributed by atoms with E-state index in [1.807, 2.05) is 5.32 Å². The molecule has 0 aromatic rings. The summed E-state index contributed by atoms with van der Waals surface area (Å²) in [5.74, 6) is -1.64. The van der Waals surface area contributed by atoms with E-state index in [0.29, 0.717) is 0 Å². The van der Waals surface area contributed by atoms with Gasteiger partial charge in [-0.2, -0.15) is 0 Å². The molecule has 11 N–H and O–H groups in total. The fourth-order valence-electron chi connectivity index (χ4n) is 2.99. The molecule has 3 rings (SSSR count). The molecular weight excluding hydrogens is 366 g/mol. The molecule has 0 saturated carbocycles. The van der Waals surface area contributed by atoms with Crippen LogP contribution in [-0.2, 0) is 4.74 Å². The summed E-state index contributed by atoms with van der Waals surface area (Å²) < 4.78 is 5.48. The summed E-state index contributed by atoms with van der Waals surface area (Å²) in [6.45, 7) is -0.0998. The number of aliphatic imine (C=N–C) groups is 3. The Kier molecular flexibility index (Phi) is 4.70. The number of nitrogens with two attached hydrogens (primary N) is 3. The van der Waals surface area contributed by atoms with Crippen molar-refractivity contribution in [2.24, 2.45) is 32.2 Å². The number of ether oxygens (including phenoxy) is 1. The van der Waals surface area contributed by atoms with Crippen LogP contribution in [0.3, 0.4) is 0 Å². The Morgan fingerprint density at radius 2 is 2.04 bits per heavy atom. The zero-order chi connectivity index (χ0) is 19.9. The number of urea groups is 2. The van der Waals surface area contributed by atoms with Crippen molar-refractivity contribution < 1.29 is 29.6 Å². The van der Waals surface area contributed by atoms with Crippen LogP contribution in [0, 0.1) is 0 Å². The lowest BCUT2D eigenvalue weighted by molar-refractivity contribution is -0.0988. The number of nitrogens with zero attached hydrogens (tertiary/aromatic N) is 4. The lowest BCUT2D eigenvalue weighted by atomic mass is 10.1. The van der Waals surface area contributed by atoms with Gasteiger partial charge in [0, 0.05) is 0 Å². The summed E-state index contributed by atoms with van der Waals surface area (Å²) >= 11 is 0. The summed E-state index contributed by atoms with van der Waals surface area (Å²) in [6.07, 6.45) is -6.21. The number of carbonyl (C=O) groups excluding carboxylic acids is 2. The van der Waals surface area contributed by atoms with Crippen LogP contribution >= 0.6 is 0 Å². The topological polar surface area (TPSA) is 246 Å². The predicted molar refractivity (Wildman–Crippen MR) is 89.1 cm³/mol. The largest absolute Gasteiger partial charge is 0.387 e. The monoisotopic (exact) mass is 385 g/mol. The Morgan fingerprint density at radius 3 is 2.67 bits per heavy atom. The average Bonchev–Trinajstić information content (AvgIpc) is 3.09. The van der Waals surface area contributed by atoms with Crippen molar-refractivity contribution in [1.82, 2.24) is 15.5 Å². The summed E-state index contributed by atoms with van der Waals surface area (Å²) in [7, 11) is 0. The molecule has 1 fully saturated rings. The number of carbonyl (C=O) groups is 2. The first-order valence-electron chi connectivity index (χ1n) is 7.69. The quantitative estimate of drug-likeness (QED) is 0.217. The smallest absolute Gasteiger partial charge is 0.315 e. The normalized spacial score (nSPS) is 35.9. The second-order valence-corrected chi connectivity index (χ2v) is 6.00. The molecule has 0 spiro atoms. The number of rotatable bonds is 4. The standard InChI is InChI=1S/C12H19N9O6/c13-10(25)19-8(24)5-3(22)4(23)9(27-5)21-2-17-6-7(21)16-1-18-12(6,15)20-11(14)26/h1,3-5,8-9,22-24H,2,15H2,(H3,13,19,25)(H3,14,20,26)/t3-,4+,5-,8?,9+,12?/m0/s1. The van der Waals surface area contributed by atoms with Gasteiger partial charge in [-0.05, 0) is 0 Å². The molecule has 3 heterocycles. The minimum absolute atomic E-state index is 0.0633. The number of hydrogen-bond acceptors (Lipinski definition) is 11. The van der Waals surface area contributed by atoms with Gasteiger partial charge in [-0.1, -0.05) is 0 Å². The van der Waals surface area contributed by atoms with E-state index in [9.17, 15) is 24.9 Å². The average molecular weight is 385 g/mol. The van der Waals surface area contributed by atoms with Gasteiger partial charge in [0.2, 0.25) is 5.79 Å². The van der Waals surface area contributed by atoms with Gasteiger partial charge in [-0.15, -0.1) is 0 Å². The Balaban J connectivity index is 1.79. The molecule has 3 aliphatic heterocycles. The van der Waals surface area contributed by atoms with E-state index < -0.39 is 48.6 Å². The highest BCUT2D eigenvalue weighted by molar-refractivity contribution is 6.47. The fraction of sp³-hybridized carbons (Fsp3) is 0.583. The maximum absolute atomic E-state index is 11.2. The predicted octanol–water partition coefficient (Wildman–Crippen LogP) is -5.14. The van der Waals surface area contributed by atoms with Gasteiger partial charge in [0.05, 0.1) is 0 Å². The van der Waals surface area contributed by atoms with Crippen molar-refractivity contribution in [3.8, 4) is 0 Å². The van der Waals surface area contributed by atoms with Gasteiger partial charge in [-0.25, -0.2) is 19.6 Å². The first-order chi connectivity index (χ1) is 12.6. The number of hydrogen-bond donors (Lipinski definition) is 8. The van der Waals surface area contributed by atoms with Crippen LogP contribution in [0.15, 0.2) is 15.0 Å².